The highest BCUT2D eigenvalue weighted by atomic mass is 16.2. The van der Waals surface area contributed by atoms with E-state index in [1.807, 2.05) is 30.3 Å². The number of carbonyl (C=O) groups excluding carboxylic acids is 3. The number of amides is 3. The summed E-state index contributed by atoms with van der Waals surface area (Å²) in [4.78, 5) is 38.2. The predicted molar refractivity (Wildman–Crippen MR) is 105 cm³/mol. The highest BCUT2D eigenvalue weighted by molar-refractivity contribution is 6.21. The van der Waals surface area contributed by atoms with Crippen molar-refractivity contribution in [3.05, 3.63) is 71.3 Å². The van der Waals surface area contributed by atoms with Crippen LogP contribution in [-0.4, -0.2) is 46.4 Å². The molecule has 2 aromatic rings. The molecule has 0 radical (unpaired) electrons. The van der Waals surface area contributed by atoms with Gasteiger partial charge in [0.1, 0.15) is 0 Å². The Morgan fingerprint density at radius 2 is 1.36 bits per heavy atom. The SMILES string of the molecule is O=C1CCC(c2ccccc2)=NN1CCCCN1C(=O)c2ccccc2C1=O. The van der Waals surface area contributed by atoms with E-state index in [1.54, 1.807) is 24.3 Å². The van der Waals surface area contributed by atoms with Gasteiger partial charge in [0.25, 0.3) is 11.8 Å². The fraction of sp³-hybridized carbons (Fsp3) is 0.273. The highest BCUT2D eigenvalue weighted by Gasteiger charge is 2.34. The molecule has 0 N–H and O–H groups in total. The van der Waals surface area contributed by atoms with Gasteiger partial charge in [-0.2, -0.15) is 5.10 Å². The van der Waals surface area contributed by atoms with Crippen LogP contribution in [0.1, 0.15) is 52.0 Å². The third kappa shape index (κ3) is 3.45. The Morgan fingerprint density at radius 1 is 0.750 bits per heavy atom. The number of hydrogen-bond acceptors (Lipinski definition) is 4. The molecule has 0 aliphatic carbocycles. The number of unbranched alkanes of at least 4 members (excludes halogenated alkanes) is 1. The minimum atomic E-state index is -0.237. The molecule has 6 heteroatoms. The lowest BCUT2D eigenvalue weighted by Crippen LogP contribution is -2.34. The lowest BCUT2D eigenvalue weighted by Gasteiger charge is -2.24. The van der Waals surface area contributed by atoms with E-state index in [1.165, 1.54) is 9.91 Å². The van der Waals surface area contributed by atoms with Crippen molar-refractivity contribution in [3.8, 4) is 0 Å². The van der Waals surface area contributed by atoms with Gasteiger partial charge in [-0.15, -0.1) is 0 Å². The Morgan fingerprint density at radius 3 is 2.04 bits per heavy atom. The second-order valence-electron chi connectivity index (χ2n) is 6.94. The van der Waals surface area contributed by atoms with Crippen LogP contribution in [0.3, 0.4) is 0 Å². The maximum absolute atomic E-state index is 12.4. The molecule has 0 saturated carbocycles. The topological polar surface area (TPSA) is 70.1 Å². The Labute approximate surface area is 163 Å². The molecular formula is C22H21N3O3. The zero-order chi connectivity index (χ0) is 19.5. The van der Waals surface area contributed by atoms with Crippen LogP contribution in [0.5, 0.6) is 0 Å². The molecule has 28 heavy (non-hydrogen) atoms. The highest BCUT2D eigenvalue weighted by Crippen LogP contribution is 2.23. The second-order valence-corrected chi connectivity index (χ2v) is 6.94. The summed E-state index contributed by atoms with van der Waals surface area (Å²) in [6.07, 6.45) is 2.40. The summed E-state index contributed by atoms with van der Waals surface area (Å²) in [5, 5.41) is 6.04. The molecule has 0 unspecified atom stereocenters. The summed E-state index contributed by atoms with van der Waals surface area (Å²) in [7, 11) is 0. The lowest BCUT2D eigenvalue weighted by molar-refractivity contribution is -0.131. The minimum absolute atomic E-state index is 0.0143. The third-order valence-corrected chi connectivity index (χ3v) is 5.09. The van der Waals surface area contributed by atoms with Crippen LogP contribution in [-0.2, 0) is 4.79 Å². The molecule has 2 aliphatic rings. The van der Waals surface area contributed by atoms with Crippen LogP contribution in [0.25, 0.3) is 0 Å². The van der Waals surface area contributed by atoms with Gasteiger partial charge in [0.05, 0.1) is 16.8 Å². The first-order chi connectivity index (χ1) is 13.6. The van der Waals surface area contributed by atoms with E-state index in [0.717, 1.165) is 11.3 Å². The van der Waals surface area contributed by atoms with Crippen molar-refractivity contribution in [1.29, 1.82) is 0 Å². The molecule has 6 nitrogen and oxygen atoms in total. The van der Waals surface area contributed by atoms with E-state index < -0.39 is 0 Å². The van der Waals surface area contributed by atoms with Crippen LogP contribution < -0.4 is 0 Å². The van der Waals surface area contributed by atoms with E-state index in [0.29, 0.717) is 49.9 Å². The molecule has 2 heterocycles. The first kappa shape index (κ1) is 18.1. The summed E-state index contributed by atoms with van der Waals surface area (Å²) in [6.45, 7) is 0.835. The quantitative estimate of drug-likeness (QED) is 0.575. The molecule has 0 spiro atoms. The summed E-state index contributed by atoms with van der Waals surface area (Å²) >= 11 is 0. The standard InChI is InChI=1S/C22H21N3O3/c26-20-13-12-19(16-8-2-1-3-9-16)23-25(20)15-7-6-14-24-21(27)17-10-4-5-11-18(17)22(24)28/h1-5,8-11H,6-7,12-15H2. The van der Waals surface area contributed by atoms with Gasteiger partial charge in [0, 0.05) is 25.9 Å². The normalized spacial score (nSPS) is 16.4. The van der Waals surface area contributed by atoms with Gasteiger partial charge in [-0.25, -0.2) is 5.01 Å². The van der Waals surface area contributed by atoms with Gasteiger partial charge < -0.3 is 0 Å². The average Bonchev–Trinajstić information content (AvgIpc) is 2.98. The maximum atomic E-state index is 12.4. The van der Waals surface area contributed by atoms with E-state index in [-0.39, 0.29) is 17.7 Å². The van der Waals surface area contributed by atoms with Gasteiger partial charge in [-0.1, -0.05) is 42.5 Å². The van der Waals surface area contributed by atoms with Gasteiger partial charge in [-0.05, 0) is 30.5 Å². The fourth-order valence-corrected chi connectivity index (χ4v) is 3.59. The smallest absolute Gasteiger partial charge is 0.261 e. The number of carbonyl (C=O) groups is 3. The zero-order valence-electron chi connectivity index (χ0n) is 15.5. The average molecular weight is 375 g/mol. The predicted octanol–water partition coefficient (Wildman–Crippen LogP) is 3.09. The monoisotopic (exact) mass is 375 g/mol. The Bertz CT molecular complexity index is 918. The Balaban J connectivity index is 1.33. The van der Waals surface area contributed by atoms with Crippen LogP contribution in [0.15, 0.2) is 59.7 Å². The van der Waals surface area contributed by atoms with Crippen molar-refractivity contribution in [2.75, 3.05) is 13.1 Å². The molecule has 3 amide bonds. The molecule has 0 saturated heterocycles. The summed E-state index contributed by atoms with van der Waals surface area (Å²) in [5.74, 6) is -0.460. The van der Waals surface area contributed by atoms with Crippen molar-refractivity contribution in [2.45, 2.75) is 25.7 Å². The van der Waals surface area contributed by atoms with Gasteiger partial charge >= 0.3 is 0 Å². The van der Waals surface area contributed by atoms with Crippen molar-refractivity contribution in [1.82, 2.24) is 9.91 Å². The van der Waals surface area contributed by atoms with E-state index in [9.17, 15) is 14.4 Å². The lowest BCUT2D eigenvalue weighted by atomic mass is 10.0. The molecule has 2 aromatic carbocycles. The first-order valence-electron chi connectivity index (χ1n) is 9.53. The number of hydrazone groups is 1. The Kier molecular flexibility index (Phi) is 5.02. The van der Waals surface area contributed by atoms with Crippen LogP contribution in [0.2, 0.25) is 0 Å². The van der Waals surface area contributed by atoms with E-state index >= 15 is 0 Å². The van der Waals surface area contributed by atoms with Gasteiger partial charge in [0.15, 0.2) is 0 Å². The van der Waals surface area contributed by atoms with Crippen molar-refractivity contribution >= 4 is 23.4 Å². The van der Waals surface area contributed by atoms with Crippen LogP contribution in [0, 0.1) is 0 Å². The van der Waals surface area contributed by atoms with Crippen molar-refractivity contribution < 1.29 is 14.4 Å². The third-order valence-electron chi connectivity index (χ3n) is 5.09. The number of fused-ring (bicyclic) bond motifs is 1. The number of benzene rings is 2. The van der Waals surface area contributed by atoms with Crippen molar-refractivity contribution in [3.63, 3.8) is 0 Å². The van der Waals surface area contributed by atoms with Crippen molar-refractivity contribution in [2.24, 2.45) is 5.10 Å². The molecule has 0 aromatic heterocycles. The first-order valence-corrected chi connectivity index (χ1v) is 9.53. The summed E-state index contributed by atoms with van der Waals surface area (Å²) in [5.41, 5.74) is 2.89. The number of imide groups is 1. The molecule has 0 fully saturated rings. The molecule has 142 valence electrons. The molecule has 4 rings (SSSR count). The molecule has 2 aliphatic heterocycles. The number of rotatable bonds is 6. The molecular weight excluding hydrogens is 354 g/mol. The summed E-state index contributed by atoms with van der Waals surface area (Å²) in [6, 6.07) is 16.7. The minimum Gasteiger partial charge on any atom is -0.274 e. The largest absolute Gasteiger partial charge is 0.274 e. The maximum Gasteiger partial charge on any atom is 0.261 e. The number of hydrogen-bond donors (Lipinski definition) is 0. The van der Waals surface area contributed by atoms with Crippen LogP contribution in [0.4, 0.5) is 0 Å². The van der Waals surface area contributed by atoms with E-state index in [2.05, 4.69) is 5.10 Å². The van der Waals surface area contributed by atoms with E-state index in [4.69, 9.17) is 0 Å². The summed E-state index contributed by atoms with van der Waals surface area (Å²) < 4.78 is 0. The van der Waals surface area contributed by atoms with Gasteiger partial charge in [-0.3, -0.25) is 19.3 Å². The Hall–Kier alpha value is -3.28. The van der Waals surface area contributed by atoms with Gasteiger partial charge in [0.2, 0.25) is 5.91 Å². The molecule has 0 atom stereocenters. The van der Waals surface area contributed by atoms with Crippen LogP contribution >= 0.6 is 0 Å². The number of nitrogens with zero attached hydrogens (tertiary/aromatic N) is 3. The fourth-order valence-electron chi connectivity index (χ4n) is 3.59. The molecule has 0 bridgehead atoms. The second kappa shape index (κ2) is 7.76. The zero-order valence-corrected chi connectivity index (χ0v) is 15.5.